The van der Waals surface area contributed by atoms with Gasteiger partial charge in [0.15, 0.2) is 5.82 Å². The van der Waals surface area contributed by atoms with Gasteiger partial charge in [0, 0.05) is 12.7 Å². The van der Waals surface area contributed by atoms with Crippen LogP contribution in [0.25, 0.3) is 0 Å². The maximum Gasteiger partial charge on any atom is 0.162 e. The lowest BCUT2D eigenvalue weighted by molar-refractivity contribution is 0.620. The zero-order valence-electron chi connectivity index (χ0n) is 9.99. The minimum absolute atomic E-state index is 0.126. The molecule has 0 aliphatic rings. The molecule has 0 N–H and O–H groups in total. The Morgan fingerprint density at radius 1 is 1.11 bits per heavy atom. The Kier molecular flexibility index (Phi) is 3.82. The molecule has 0 amide bonds. The van der Waals surface area contributed by atoms with Crippen LogP contribution < -0.4 is 4.90 Å². The first-order valence-corrected chi connectivity index (χ1v) is 6.21. The molecule has 0 spiro atoms. The Labute approximate surface area is 118 Å². The summed E-state index contributed by atoms with van der Waals surface area (Å²) in [4.78, 5) is 1.58. The lowest BCUT2D eigenvalue weighted by Gasteiger charge is -2.20. The fourth-order valence-electron chi connectivity index (χ4n) is 1.69. The molecule has 0 bridgehead atoms. The van der Waals surface area contributed by atoms with Gasteiger partial charge in [0.2, 0.25) is 0 Å². The van der Waals surface area contributed by atoms with Crippen LogP contribution in [0, 0.1) is 23.0 Å². The van der Waals surface area contributed by atoms with E-state index >= 15 is 0 Å². The Morgan fingerprint density at radius 3 is 2.32 bits per heavy atom. The predicted molar refractivity (Wildman–Crippen MR) is 73.3 cm³/mol. The van der Waals surface area contributed by atoms with Gasteiger partial charge in [-0.2, -0.15) is 5.26 Å². The first-order chi connectivity index (χ1) is 9.04. The molecular weight excluding hydrogens is 314 g/mol. The molecule has 96 valence electrons. The van der Waals surface area contributed by atoms with E-state index in [0.29, 0.717) is 11.4 Å². The van der Waals surface area contributed by atoms with Gasteiger partial charge in [-0.3, -0.25) is 0 Å². The van der Waals surface area contributed by atoms with E-state index in [-0.39, 0.29) is 15.9 Å². The number of rotatable bonds is 2. The number of anilines is 2. The molecular formula is C14H9BrF2N2. The van der Waals surface area contributed by atoms with E-state index in [1.165, 1.54) is 24.3 Å². The molecule has 2 aromatic rings. The summed E-state index contributed by atoms with van der Waals surface area (Å²) in [5.74, 6) is -0.871. The number of halogens is 3. The van der Waals surface area contributed by atoms with Crippen molar-refractivity contribution in [2.24, 2.45) is 0 Å². The van der Waals surface area contributed by atoms with Crippen LogP contribution in [-0.4, -0.2) is 7.05 Å². The third kappa shape index (κ3) is 2.59. The fraction of sp³-hybridized carbons (Fsp3) is 0.0714. The van der Waals surface area contributed by atoms with E-state index in [2.05, 4.69) is 15.9 Å². The topological polar surface area (TPSA) is 27.0 Å². The summed E-state index contributed by atoms with van der Waals surface area (Å²) < 4.78 is 27.1. The van der Waals surface area contributed by atoms with Crippen LogP contribution in [0.15, 0.2) is 40.9 Å². The molecule has 0 heterocycles. The largest absolute Gasteiger partial charge is 0.342 e. The number of benzene rings is 2. The van der Waals surface area contributed by atoms with Crippen molar-refractivity contribution in [1.82, 2.24) is 0 Å². The van der Waals surface area contributed by atoms with Crippen LogP contribution in [0.2, 0.25) is 0 Å². The molecule has 2 nitrogen and oxygen atoms in total. The smallest absolute Gasteiger partial charge is 0.162 e. The van der Waals surface area contributed by atoms with Gasteiger partial charge in [-0.15, -0.1) is 0 Å². The summed E-state index contributed by atoms with van der Waals surface area (Å²) in [5.41, 5.74) is 1.18. The van der Waals surface area contributed by atoms with Crippen molar-refractivity contribution in [2.45, 2.75) is 0 Å². The molecule has 0 fully saturated rings. The minimum Gasteiger partial charge on any atom is -0.342 e. The van der Waals surface area contributed by atoms with Crippen molar-refractivity contribution in [3.8, 4) is 6.07 Å². The standard InChI is InChI=1S/C14H9BrF2N2/c1-19(11-5-3-10(16)4-6-11)12-7-2-9(8-18)13(15)14(12)17/h2-7H,1H3. The average molecular weight is 323 g/mol. The van der Waals surface area contributed by atoms with Crippen LogP contribution >= 0.6 is 15.9 Å². The Bertz CT molecular complexity index is 648. The molecule has 2 rings (SSSR count). The second kappa shape index (κ2) is 5.37. The number of hydrogen-bond donors (Lipinski definition) is 0. The first kappa shape index (κ1) is 13.5. The summed E-state index contributed by atoms with van der Waals surface area (Å²) >= 11 is 3.06. The predicted octanol–water partition coefficient (Wildman–Crippen LogP) is 4.37. The normalized spacial score (nSPS) is 10.1. The van der Waals surface area contributed by atoms with E-state index in [1.54, 1.807) is 24.1 Å². The maximum absolute atomic E-state index is 14.2. The minimum atomic E-state index is -0.522. The van der Waals surface area contributed by atoms with Gasteiger partial charge < -0.3 is 4.90 Å². The molecule has 0 aromatic heterocycles. The Hall–Kier alpha value is -1.93. The number of nitriles is 1. The maximum atomic E-state index is 14.2. The third-order valence-electron chi connectivity index (χ3n) is 2.76. The zero-order chi connectivity index (χ0) is 14.0. The molecule has 19 heavy (non-hydrogen) atoms. The Morgan fingerprint density at radius 2 is 1.74 bits per heavy atom. The molecule has 0 saturated heterocycles. The van der Waals surface area contributed by atoms with Gasteiger partial charge in [0.1, 0.15) is 11.9 Å². The van der Waals surface area contributed by atoms with E-state index < -0.39 is 5.82 Å². The summed E-state index contributed by atoms with van der Waals surface area (Å²) in [6.07, 6.45) is 0. The van der Waals surface area contributed by atoms with Crippen molar-refractivity contribution in [1.29, 1.82) is 5.26 Å². The third-order valence-corrected chi connectivity index (χ3v) is 3.53. The van der Waals surface area contributed by atoms with Gasteiger partial charge >= 0.3 is 0 Å². The van der Waals surface area contributed by atoms with Gasteiger partial charge in [0.05, 0.1) is 15.7 Å². The average Bonchev–Trinajstić information content (AvgIpc) is 2.42. The van der Waals surface area contributed by atoms with E-state index in [0.717, 1.165) is 0 Å². The van der Waals surface area contributed by atoms with Crippen molar-refractivity contribution in [2.75, 3.05) is 11.9 Å². The number of nitrogens with zero attached hydrogens (tertiary/aromatic N) is 2. The van der Waals surface area contributed by atoms with Crippen LogP contribution in [-0.2, 0) is 0 Å². The van der Waals surface area contributed by atoms with Crippen molar-refractivity contribution in [3.63, 3.8) is 0 Å². The molecule has 0 atom stereocenters. The molecule has 5 heteroatoms. The Balaban J connectivity index is 2.45. The van der Waals surface area contributed by atoms with Crippen molar-refractivity contribution >= 4 is 27.3 Å². The van der Waals surface area contributed by atoms with Gasteiger partial charge in [-0.25, -0.2) is 8.78 Å². The van der Waals surface area contributed by atoms with Crippen LogP contribution in [0.3, 0.4) is 0 Å². The highest BCUT2D eigenvalue weighted by atomic mass is 79.9. The number of hydrogen-bond acceptors (Lipinski definition) is 2. The molecule has 0 unspecified atom stereocenters. The van der Waals surface area contributed by atoms with Crippen LogP contribution in [0.5, 0.6) is 0 Å². The monoisotopic (exact) mass is 322 g/mol. The lowest BCUT2D eigenvalue weighted by Crippen LogP contribution is -2.11. The highest BCUT2D eigenvalue weighted by Gasteiger charge is 2.15. The van der Waals surface area contributed by atoms with E-state index in [1.807, 2.05) is 6.07 Å². The van der Waals surface area contributed by atoms with Gasteiger partial charge in [-0.1, -0.05) is 0 Å². The van der Waals surface area contributed by atoms with Gasteiger partial charge in [-0.05, 0) is 52.3 Å². The van der Waals surface area contributed by atoms with Crippen LogP contribution in [0.4, 0.5) is 20.2 Å². The fourth-order valence-corrected chi connectivity index (χ4v) is 2.11. The lowest BCUT2D eigenvalue weighted by atomic mass is 10.2. The summed E-state index contributed by atoms with van der Waals surface area (Å²) in [7, 11) is 1.67. The van der Waals surface area contributed by atoms with E-state index in [4.69, 9.17) is 5.26 Å². The molecule has 0 aliphatic carbocycles. The zero-order valence-corrected chi connectivity index (χ0v) is 11.6. The molecule has 0 aliphatic heterocycles. The summed E-state index contributed by atoms with van der Waals surface area (Å²) in [5, 5.41) is 8.82. The highest BCUT2D eigenvalue weighted by molar-refractivity contribution is 9.10. The highest BCUT2D eigenvalue weighted by Crippen LogP contribution is 2.32. The van der Waals surface area contributed by atoms with Crippen molar-refractivity contribution < 1.29 is 8.78 Å². The summed E-state index contributed by atoms with van der Waals surface area (Å²) in [6.45, 7) is 0. The molecule has 0 radical (unpaired) electrons. The summed E-state index contributed by atoms with van der Waals surface area (Å²) in [6, 6.07) is 10.7. The van der Waals surface area contributed by atoms with Gasteiger partial charge in [0.25, 0.3) is 0 Å². The van der Waals surface area contributed by atoms with Crippen molar-refractivity contribution in [3.05, 3.63) is 58.1 Å². The van der Waals surface area contributed by atoms with E-state index in [9.17, 15) is 8.78 Å². The second-order valence-corrected chi connectivity index (χ2v) is 4.70. The SMILES string of the molecule is CN(c1ccc(F)cc1)c1ccc(C#N)c(Br)c1F. The quantitative estimate of drug-likeness (QED) is 0.821. The molecule has 2 aromatic carbocycles. The first-order valence-electron chi connectivity index (χ1n) is 5.42. The second-order valence-electron chi connectivity index (χ2n) is 3.91. The molecule has 0 saturated carbocycles. The van der Waals surface area contributed by atoms with Crippen LogP contribution in [0.1, 0.15) is 5.56 Å².